The molecule has 1 aliphatic rings. The van der Waals surface area contributed by atoms with E-state index in [1.165, 1.54) is 51.4 Å². The molecule has 0 aromatic heterocycles. The van der Waals surface area contributed by atoms with Crippen molar-refractivity contribution in [2.45, 2.75) is 81.8 Å². The number of carbonyl (C=O) groups is 1. The van der Waals surface area contributed by atoms with Gasteiger partial charge in [0.25, 0.3) is 0 Å². The first-order valence-corrected chi connectivity index (χ1v) is 11.2. The topological polar surface area (TPSA) is 30.7 Å². The Morgan fingerprint density at radius 3 is 2.09 bits per heavy atom. The van der Waals surface area contributed by atoms with Gasteiger partial charge in [0.15, 0.2) is 0 Å². The number of esters is 1. The summed E-state index contributed by atoms with van der Waals surface area (Å²) in [7, 11) is 0. The molecular formula is C18H31NO2S2. The van der Waals surface area contributed by atoms with Crippen LogP contribution < -0.4 is 0 Å². The van der Waals surface area contributed by atoms with E-state index in [1.807, 2.05) is 0 Å². The standard InChI is InChI=1S/C18H31NO2S2/c1-3-4-5-6-7-8-9-10-11-12-13-21-17(20)16(19-2)18-22-14-15-23-18/h16,18H,3-15H2,1H3. The van der Waals surface area contributed by atoms with Gasteiger partial charge in [0.1, 0.15) is 4.58 Å². The molecule has 1 saturated heterocycles. The highest BCUT2D eigenvalue weighted by atomic mass is 32.2. The van der Waals surface area contributed by atoms with E-state index in [-0.39, 0.29) is 10.6 Å². The van der Waals surface area contributed by atoms with Crippen LogP contribution in [0.4, 0.5) is 0 Å². The van der Waals surface area contributed by atoms with Crippen molar-refractivity contribution in [2.24, 2.45) is 0 Å². The Kier molecular flexibility index (Phi) is 12.6. The normalized spacial score (nSPS) is 16.2. The molecule has 0 radical (unpaired) electrons. The van der Waals surface area contributed by atoms with E-state index in [4.69, 9.17) is 11.3 Å². The summed E-state index contributed by atoms with van der Waals surface area (Å²) in [4.78, 5) is 15.4. The Hall–Kier alpha value is -0.340. The molecule has 1 rings (SSSR count). The summed E-state index contributed by atoms with van der Waals surface area (Å²) in [6.07, 6.45) is 12.7. The minimum absolute atomic E-state index is 0.0766. The molecule has 0 spiro atoms. The smallest absolute Gasteiger partial charge is 0.392 e. The molecule has 1 atom stereocenters. The van der Waals surface area contributed by atoms with Gasteiger partial charge in [-0.3, -0.25) is 4.85 Å². The molecule has 0 saturated carbocycles. The van der Waals surface area contributed by atoms with E-state index in [1.54, 1.807) is 23.5 Å². The maximum Gasteiger partial charge on any atom is 0.392 e. The summed E-state index contributed by atoms with van der Waals surface area (Å²) >= 11 is 3.42. The largest absolute Gasteiger partial charge is 0.460 e. The first kappa shape index (κ1) is 20.7. The first-order valence-electron chi connectivity index (χ1n) is 9.06. The molecule has 3 nitrogen and oxygen atoms in total. The Morgan fingerprint density at radius 1 is 1.04 bits per heavy atom. The number of nitrogens with zero attached hydrogens (tertiary/aromatic N) is 1. The summed E-state index contributed by atoms with van der Waals surface area (Å²) in [5.41, 5.74) is 0. The molecule has 1 unspecified atom stereocenters. The third-order valence-electron chi connectivity index (χ3n) is 4.03. The number of unbranched alkanes of at least 4 members (excludes halogenated alkanes) is 9. The number of rotatable bonds is 13. The fourth-order valence-corrected chi connectivity index (χ4v) is 5.54. The van der Waals surface area contributed by atoms with Gasteiger partial charge in [-0.25, -0.2) is 11.4 Å². The van der Waals surface area contributed by atoms with E-state index < -0.39 is 6.04 Å². The molecule has 1 aliphatic heterocycles. The monoisotopic (exact) mass is 357 g/mol. The van der Waals surface area contributed by atoms with Crippen LogP contribution in [0.15, 0.2) is 0 Å². The SMILES string of the molecule is [C-]#[N+]C(C(=O)OCCCCCCCCCCCC)C1SCCS1. The third kappa shape index (κ3) is 9.52. The Balaban J connectivity index is 1.93. The number of hydrogen-bond acceptors (Lipinski definition) is 4. The second-order valence-corrected chi connectivity index (χ2v) is 8.83. The van der Waals surface area contributed by atoms with Gasteiger partial charge in [-0.2, -0.15) is 0 Å². The first-order chi connectivity index (χ1) is 11.3. The van der Waals surface area contributed by atoms with Gasteiger partial charge >= 0.3 is 12.0 Å². The summed E-state index contributed by atoms with van der Waals surface area (Å²) in [6, 6.07) is -0.615. The molecule has 0 aromatic rings. The minimum Gasteiger partial charge on any atom is -0.460 e. The highest BCUT2D eigenvalue weighted by molar-refractivity contribution is 8.20. The average molecular weight is 358 g/mol. The van der Waals surface area contributed by atoms with Gasteiger partial charge in [0, 0.05) is 11.5 Å². The summed E-state index contributed by atoms with van der Waals surface area (Å²) < 4.78 is 5.38. The van der Waals surface area contributed by atoms with Crippen LogP contribution in [-0.2, 0) is 9.53 Å². The van der Waals surface area contributed by atoms with Crippen LogP contribution in [0.1, 0.15) is 71.1 Å². The van der Waals surface area contributed by atoms with E-state index >= 15 is 0 Å². The fraction of sp³-hybridized carbons (Fsp3) is 0.889. The van der Waals surface area contributed by atoms with Crippen molar-refractivity contribution in [3.8, 4) is 0 Å². The lowest BCUT2D eigenvalue weighted by molar-refractivity contribution is -0.143. The molecule has 1 heterocycles. The predicted octanol–water partition coefficient (Wildman–Crippen LogP) is 5.54. The minimum atomic E-state index is -0.615. The second kappa shape index (κ2) is 14.0. The molecule has 0 bridgehead atoms. The molecular weight excluding hydrogens is 326 g/mol. The molecule has 23 heavy (non-hydrogen) atoms. The van der Waals surface area contributed by atoms with E-state index in [2.05, 4.69) is 11.8 Å². The highest BCUT2D eigenvalue weighted by Gasteiger charge is 2.38. The van der Waals surface area contributed by atoms with Crippen LogP contribution in [-0.4, -0.2) is 34.7 Å². The maximum absolute atomic E-state index is 12.0. The quantitative estimate of drug-likeness (QED) is 0.246. The number of thioether (sulfide) groups is 2. The third-order valence-corrected chi connectivity index (χ3v) is 7.16. The van der Waals surface area contributed by atoms with Crippen molar-refractivity contribution in [1.82, 2.24) is 0 Å². The van der Waals surface area contributed by atoms with Gasteiger partial charge in [0.05, 0.1) is 6.61 Å². The van der Waals surface area contributed by atoms with Crippen molar-refractivity contribution in [2.75, 3.05) is 18.1 Å². The molecule has 0 aliphatic carbocycles. The van der Waals surface area contributed by atoms with Crippen molar-refractivity contribution in [3.05, 3.63) is 11.4 Å². The molecule has 0 amide bonds. The molecule has 0 aromatic carbocycles. The van der Waals surface area contributed by atoms with Crippen LogP contribution in [0.2, 0.25) is 0 Å². The highest BCUT2D eigenvalue weighted by Crippen LogP contribution is 2.36. The maximum atomic E-state index is 12.0. The van der Waals surface area contributed by atoms with Crippen molar-refractivity contribution in [1.29, 1.82) is 0 Å². The molecule has 132 valence electrons. The number of hydrogen-bond donors (Lipinski definition) is 0. The molecule has 1 fully saturated rings. The van der Waals surface area contributed by atoms with Crippen molar-refractivity contribution in [3.63, 3.8) is 0 Å². The van der Waals surface area contributed by atoms with Gasteiger partial charge in [-0.05, 0) is 6.42 Å². The van der Waals surface area contributed by atoms with Gasteiger partial charge in [-0.15, -0.1) is 23.5 Å². The zero-order chi connectivity index (χ0) is 16.8. The average Bonchev–Trinajstić information content (AvgIpc) is 3.07. The van der Waals surface area contributed by atoms with Crippen LogP contribution in [0.3, 0.4) is 0 Å². The number of ether oxygens (including phenoxy) is 1. The Bertz CT molecular complexity index is 351. The van der Waals surface area contributed by atoms with Crippen LogP contribution >= 0.6 is 23.5 Å². The van der Waals surface area contributed by atoms with Gasteiger partial charge in [-0.1, -0.05) is 64.7 Å². The summed E-state index contributed by atoms with van der Waals surface area (Å²) in [5.74, 6) is 1.75. The number of carbonyl (C=O) groups excluding carboxylic acids is 1. The van der Waals surface area contributed by atoms with E-state index in [0.717, 1.165) is 24.3 Å². The lowest BCUT2D eigenvalue weighted by atomic mass is 10.1. The zero-order valence-corrected chi connectivity index (χ0v) is 16.1. The van der Waals surface area contributed by atoms with Crippen LogP contribution in [0.25, 0.3) is 4.85 Å². The van der Waals surface area contributed by atoms with Gasteiger partial charge < -0.3 is 4.74 Å². The lowest BCUT2D eigenvalue weighted by Crippen LogP contribution is -2.28. The second-order valence-electron chi connectivity index (χ2n) is 6.03. The Morgan fingerprint density at radius 2 is 1.57 bits per heavy atom. The lowest BCUT2D eigenvalue weighted by Gasteiger charge is -2.10. The zero-order valence-electron chi connectivity index (χ0n) is 14.4. The summed E-state index contributed by atoms with van der Waals surface area (Å²) in [5, 5.41) is 0. The van der Waals surface area contributed by atoms with Crippen LogP contribution in [0, 0.1) is 6.57 Å². The molecule has 5 heteroatoms. The fourth-order valence-electron chi connectivity index (χ4n) is 2.63. The van der Waals surface area contributed by atoms with Crippen molar-refractivity contribution >= 4 is 29.5 Å². The summed E-state index contributed by atoms with van der Waals surface area (Å²) in [6.45, 7) is 9.93. The van der Waals surface area contributed by atoms with E-state index in [9.17, 15) is 4.79 Å². The Labute approximate surface area is 150 Å². The van der Waals surface area contributed by atoms with Crippen LogP contribution in [0.5, 0.6) is 0 Å². The predicted molar refractivity (Wildman–Crippen MR) is 102 cm³/mol. The van der Waals surface area contributed by atoms with Crippen molar-refractivity contribution < 1.29 is 9.53 Å². The molecule has 0 N–H and O–H groups in total. The van der Waals surface area contributed by atoms with E-state index in [0.29, 0.717) is 6.61 Å². The van der Waals surface area contributed by atoms with Gasteiger partial charge in [0.2, 0.25) is 0 Å².